The first-order valence-corrected chi connectivity index (χ1v) is 4.81. The van der Waals surface area contributed by atoms with Crippen LogP contribution in [0.2, 0.25) is 0 Å². The minimum atomic E-state index is 0.277. The number of allylic oxidation sites excluding steroid dienone is 2. The molecular weight excluding hydrogens is 162 g/mol. The number of aliphatic imine (C=N–C) groups is 1. The molecule has 0 rings (SSSR count). The van der Waals surface area contributed by atoms with Gasteiger partial charge >= 0.3 is 0 Å². The van der Waals surface area contributed by atoms with E-state index in [1.54, 1.807) is 6.92 Å². The molecule has 1 N–H and O–H groups in total. The Hall–Kier alpha value is -0.790. The molecule has 0 aromatic rings. The lowest BCUT2D eigenvalue weighted by Gasteiger charge is -2.10. The van der Waals surface area contributed by atoms with E-state index in [-0.39, 0.29) is 5.92 Å². The molecule has 0 aliphatic heterocycles. The van der Waals surface area contributed by atoms with Crippen molar-refractivity contribution < 1.29 is 5.11 Å². The van der Waals surface area contributed by atoms with E-state index in [0.29, 0.717) is 11.7 Å². The molecule has 76 valence electrons. The van der Waals surface area contributed by atoms with Crippen molar-refractivity contribution in [3.8, 4) is 0 Å². The number of aliphatic hydroxyl groups excluding tert-OH is 1. The lowest BCUT2D eigenvalue weighted by Crippen LogP contribution is -2.05. The van der Waals surface area contributed by atoms with Crippen molar-refractivity contribution in [2.45, 2.75) is 41.5 Å². The Kier molecular flexibility index (Phi) is 4.74. The molecule has 2 nitrogen and oxygen atoms in total. The molecule has 0 amide bonds. The zero-order valence-electron chi connectivity index (χ0n) is 9.55. The van der Waals surface area contributed by atoms with Crippen LogP contribution in [0.15, 0.2) is 16.4 Å². The van der Waals surface area contributed by atoms with Crippen LogP contribution >= 0.6 is 0 Å². The van der Waals surface area contributed by atoms with E-state index in [0.717, 1.165) is 11.4 Å². The van der Waals surface area contributed by atoms with Crippen molar-refractivity contribution in [2.75, 3.05) is 0 Å². The number of hydrogen-bond donors (Lipinski definition) is 1. The van der Waals surface area contributed by atoms with Crippen LogP contribution in [0.1, 0.15) is 41.5 Å². The van der Waals surface area contributed by atoms with Crippen LogP contribution in [0.5, 0.6) is 0 Å². The van der Waals surface area contributed by atoms with Crippen molar-refractivity contribution >= 4 is 5.71 Å². The van der Waals surface area contributed by atoms with Gasteiger partial charge in [0.05, 0.1) is 5.70 Å². The van der Waals surface area contributed by atoms with E-state index >= 15 is 0 Å². The second kappa shape index (κ2) is 5.05. The molecule has 0 saturated carbocycles. The van der Waals surface area contributed by atoms with Gasteiger partial charge in [-0.3, -0.25) is 4.99 Å². The Morgan fingerprint density at radius 2 is 1.46 bits per heavy atom. The molecule has 0 aliphatic carbocycles. The number of rotatable bonds is 3. The summed E-state index contributed by atoms with van der Waals surface area (Å²) >= 11 is 0. The summed E-state index contributed by atoms with van der Waals surface area (Å²) in [6.07, 6.45) is 0. The zero-order valence-corrected chi connectivity index (χ0v) is 9.55. The van der Waals surface area contributed by atoms with Gasteiger partial charge in [0.2, 0.25) is 0 Å². The fraction of sp³-hybridized carbons (Fsp3) is 0.727. The van der Waals surface area contributed by atoms with Crippen LogP contribution < -0.4 is 0 Å². The molecule has 0 aliphatic rings. The maximum absolute atomic E-state index is 9.39. The first-order chi connectivity index (χ1) is 5.86. The van der Waals surface area contributed by atoms with E-state index in [4.69, 9.17) is 0 Å². The smallest absolute Gasteiger partial charge is 0.111 e. The molecule has 0 spiro atoms. The molecule has 0 fully saturated rings. The Bertz CT molecular complexity index is 220. The number of nitrogens with zero attached hydrogens (tertiary/aromatic N) is 1. The first kappa shape index (κ1) is 12.2. The van der Waals surface area contributed by atoms with Gasteiger partial charge in [0.1, 0.15) is 5.76 Å². The molecule has 0 bridgehead atoms. The van der Waals surface area contributed by atoms with Gasteiger partial charge in [-0.25, -0.2) is 0 Å². The van der Waals surface area contributed by atoms with Gasteiger partial charge in [0.15, 0.2) is 0 Å². The predicted molar refractivity (Wildman–Crippen MR) is 58.1 cm³/mol. The summed E-state index contributed by atoms with van der Waals surface area (Å²) in [4.78, 5) is 4.42. The predicted octanol–water partition coefficient (Wildman–Crippen LogP) is 3.55. The van der Waals surface area contributed by atoms with Crippen LogP contribution in [0.4, 0.5) is 0 Å². The molecule has 0 atom stereocenters. The lowest BCUT2D eigenvalue weighted by molar-refractivity contribution is 0.397. The topological polar surface area (TPSA) is 32.6 Å². The molecule has 0 unspecified atom stereocenters. The number of aliphatic hydroxyl groups is 1. The number of hydrogen-bond acceptors (Lipinski definition) is 2. The van der Waals surface area contributed by atoms with Gasteiger partial charge in [-0.05, 0) is 25.7 Å². The van der Waals surface area contributed by atoms with Gasteiger partial charge < -0.3 is 5.11 Å². The highest BCUT2D eigenvalue weighted by molar-refractivity contribution is 5.84. The Labute approximate surface area is 81.4 Å². The van der Waals surface area contributed by atoms with Crippen molar-refractivity contribution in [1.29, 1.82) is 0 Å². The molecule has 2 heteroatoms. The first-order valence-electron chi connectivity index (χ1n) is 4.81. The molecule has 0 saturated heterocycles. The highest BCUT2D eigenvalue weighted by Crippen LogP contribution is 2.16. The van der Waals surface area contributed by atoms with Crippen LogP contribution in [0.25, 0.3) is 0 Å². The van der Waals surface area contributed by atoms with Gasteiger partial charge in [-0.1, -0.05) is 27.7 Å². The second-order valence-electron chi connectivity index (χ2n) is 4.03. The van der Waals surface area contributed by atoms with Crippen molar-refractivity contribution in [2.24, 2.45) is 16.8 Å². The second-order valence-corrected chi connectivity index (χ2v) is 4.03. The molecular formula is C11H21NO. The standard InChI is InChI=1S/C11H21NO/c1-7(2)9(5)12-11(8(3)4)10(6)13/h7-8,13H,1-6H3/b11-10-,12-9+. The third-order valence-electron chi connectivity index (χ3n) is 2.05. The SMILES string of the molecule is C/C(O)=C(/N=C(\C)C(C)C)C(C)C. The molecule has 0 aromatic carbocycles. The molecule has 0 aromatic heterocycles. The van der Waals surface area contributed by atoms with Crippen molar-refractivity contribution in [3.05, 3.63) is 11.5 Å². The minimum Gasteiger partial charge on any atom is -0.511 e. The highest BCUT2D eigenvalue weighted by atomic mass is 16.3. The fourth-order valence-electron chi connectivity index (χ4n) is 0.947. The van der Waals surface area contributed by atoms with Crippen LogP contribution in [-0.4, -0.2) is 10.8 Å². The Morgan fingerprint density at radius 1 is 1.00 bits per heavy atom. The minimum absolute atomic E-state index is 0.277. The summed E-state index contributed by atoms with van der Waals surface area (Å²) in [5.74, 6) is 1.04. The highest BCUT2D eigenvalue weighted by Gasteiger charge is 2.07. The normalized spacial score (nSPS) is 15.2. The average molecular weight is 183 g/mol. The fourth-order valence-corrected chi connectivity index (χ4v) is 0.947. The maximum atomic E-state index is 9.39. The van der Waals surface area contributed by atoms with Gasteiger partial charge in [-0.2, -0.15) is 0 Å². The summed E-state index contributed by atoms with van der Waals surface area (Å²) < 4.78 is 0. The molecule has 0 radical (unpaired) electrons. The summed E-state index contributed by atoms with van der Waals surface area (Å²) in [5, 5.41) is 9.39. The lowest BCUT2D eigenvalue weighted by atomic mass is 10.1. The van der Waals surface area contributed by atoms with Crippen LogP contribution in [-0.2, 0) is 0 Å². The monoisotopic (exact) mass is 183 g/mol. The van der Waals surface area contributed by atoms with E-state index in [1.165, 1.54) is 0 Å². The quantitative estimate of drug-likeness (QED) is 0.526. The van der Waals surface area contributed by atoms with E-state index < -0.39 is 0 Å². The maximum Gasteiger partial charge on any atom is 0.111 e. The largest absolute Gasteiger partial charge is 0.511 e. The summed E-state index contributed by atoms with van der Waals surface area (Å²) in [7, 11) is 0. The van der Waals surface area contributed by atoms with E-state index in [9.17, 15) is 5.11 Å². The van der Waals surface area contributed by atoms with Gasteiger partial charge in [0.25, 0.3) is 0 Å². The molecule has 0 heterocycles. The average Bonchev–Trinajstić information content (AvgIpc) is 1.97. The summed E-state index contributed by atoms with van der Waals surface area (Å²) in [5.41, 5.74) is 1.86. The third kappa shape index (κ3) is 4.11. The van der Waals surface area contributed by atoms with Crippen molar-refractivity contribution in [1.82, 2.24) is 0 Å². The molecule has 13 heavy (non-hydrogen) atoms. The summed E-state index contributed by atoms with van der Waals surface area (Å²) in [6, 6.07) is 0. The van der Waals surface area contributed by atoms with Crippen LogP contribution in [0, 0.1) is 11.8 Å². The Morgan fingerprint density at radius 3 is 1.69 bits per heavy atom. The zero-order chi connectivity index (χ0) is 10.6. The van der Waals surface area contributed by atoms with Gasteiger partial charge in [0, 0.05) is 5.71 Å². The third-order valence-corrected chi connectivity index (χ3v) is 2.05. The van der Waals surface area contributed by atoms with E-state index in [1.807, 2.05) is 20.8 Å². The van der Waals surface area contributed by atoms with E-state index in [2.05, 4.69) is 18.8 Å². The van der Waals surface area contributed by atoms with Gasteiger partial charge in [-0.15, -0.1) is 0 Å². The Balaban J connectivity index is 4.83. The van der Waals surface area contributed by atoms with Crippen molar-refractivity contribution in [3.63, 3.8) is 0 Å². The van der Waals surface area contributed by atoms with Crippen LogP contribution in [0.3, 0.4) is 0 Å². The summed E-state index contributed by atoms with van der Waals surface area (Å²) in [6.45, 7) is 12.0.